The average molecular weight is 495 g/mol. The maximum Gasteiger partial charge on any atom is 0.338 e. The minimum absolute atomic E-state index is 0.409. The first-order chi connectivity index (χ1) is 14.5. The first-order valence-electron chi connectivity index (χ1n) is 10.1. The molecule has 7 nitrogen and oxygen atoms in total. The third kappa shape index (κ3) is 4.83. The standard InChI is InChI=1S/C21H27BrN4O3S/c1-5-7-10-29-16-9-8-14(22)12-15(16)18-17(19(27)28-4)13(3)23-20-24-21(25-26(18)20)30-11-6-2/h8-9,12,18H,5-7,10-11H2,1-4H3,(H,23,24,25). The summed E-state index contributed by atoms with van der Waals surface area (Å²) in [7, 11) is 1.39. The number of nitrogens with one attached hydrogen (secondary N) is 1. The van der Waals surface area contributed by atoms with Crippen molar-refractivity contribution in [2.75, 3.05) is 24.8 Å². The normalized spacial score (nSPS) is 15.6. The monoisotopic (exact) mass is 494 g/mol. The lowest BCUT2D eigenvalue weighted by atomic mass is 9.95. The number of carbonyl (C=O) groups excluding carboxylic acids is 1. The van der Waals surface area contributed by atoms with Crippen molar-refractivity contribution >= 4 is 39.6 Å². The van der Waals surface area contributed by atoms with E-state index in [9.17, 15) is 4.79 Å². The van der Waals surface area contributed by atoms with Crippen LogP contribution in [0.4, 0.5) is 5.95 Å². The van der Waals surface area contributed by atoms with Crippen LogP contribution in [-0.4, -0.2) is 40.2 Å². The number of anilines is 1. The van der Waals surface area contributed by atoms with E-state index in [1.54, 1.807) is 16.4 Å². The van der Waals surface area contributed by atoms with Crippen LogP contribution in [0.15, 0.2) is 39.1 Å². The number of halogens is 1. The average Bonchev–Trinajstić information content (AvgIpc) is 3.14. The van der Waals surface area contributed by atoms with Crippen molar-refractivity contribution < 1.29 is 14.3 Å². The van der Waals surface area contributed by atoms with Gasteiger partial charge in [-0.15, -0.1) is 5.10 Å². The molecule has 0 fully saturated rings. The summed E-state index contributed by atoms with van der Waals surface area (Å²) in [5, 5.41) is 8.59. The number of thioether (sulfide) groups is 1. The van der Waals surface area contributed by atoms with E-state index in [0.29, 0.717) is 29.0 Å². The lowest BCUT2D eigenvalue weighted by Crippen LogP contribution is -2.29. The molecule has 1 aliphatic heterocycles. The van der Waals surface area contributed by atoms with Gasteiger partial charge in [0.1, 0.15) is 11.8 Å². The van der Waals surface area contributed by atoms with Gasteiger partial charge in [-0.2, -0.15) is 4.98 Å². The van der Waals surface area contributed by atoms with Gasteiger partial charge in [0, 0.05) is 21.5 Å². The summed E-state index contributed by atoms with van der Waals surface area (Å²) in [5.41, 5.74) is 2.01. The molecule has 1 aromatic carbocycles. The Morgan fingerprint density at radius 3 is 2.83 bits per heavy atom. The van der Waals surface area contributed by atoms with E-state index in [0.717, 1.165) is 40.8 Å². The Hall–Kier alpha value is -2.00. The molecule has 1 N–H and O–H groups in total. The van der Waals surface area contributed by atoms with Crippen molar-refractivity contribution in [1.82, 2.24) is 14.8 Å². The number of allylic oxidation sites excluding steroid dienone is 1. The van der Waals surface area contributed by atoms with Gasteiger partial charge in [0.2, 0.25) is 11.1 Å². The molecule has 0 saturated heterocycles. The van der Waals surface area contributed by atoms with Gasteiger partial charge >= 0.3 is 5.97 Å². The second-order valence-electron chi connectivity index (χ2n) is 6.95. The molecule has 0 aliphatic carbocycles. The summed E-state index contributed by atoms with van der Waals surface area (Å²) >= 11 is 5.15. The van der Waals surface area contributed by atoms with Crippen molar-refractivity contribution in [3.63, 3.8) is 0 Å². The molecule has 9 heteroatoms. The quantitative estimate of drug-likeness (QED) is 0.292. The van der Waals surface area contributed by atoms with Crippen LogP contribution in [0.25, 0.3) is 0 Å². The zero-order valence-electron chi connectivity index (χ0n) is 17.7. The van der Waals surface area contributed by atoms with Gasteiger partial charge in [-0.25, -0.2) is 9.48 Å². The molecular formula is C21H27BrN4O3S. The summed E-state index contributed by atoms with van der Waals surface area (Å²) in [6.07, 6.45) is 3.01. The first kappa shape index (κ1) is 22.7. The number of methoxy groups -OCH3 is 1. The van der Waals surface area contributed by atoms with E-state index in [-0.39, 0.29) is 0 Å². The Morgan fingerprint density at radius 2 is 2.13 bits per heavy atom. The van der Waals surface area contributed by atoms with E-state index in [1.807, 2.05) is 25.1 Å². The van der Waals surface area contributed by atoms with Crippen molar-refractivity contribution in [2.45, 2.75) is 51.2 Å². The number of fused-ring (bicyclic) bond motifs is 1. The summed E-state index contributed by atoms with van der Waals surface area (Å²) in [5.74, 6) is 1.83. The van der Waals surface area contributed by atoms with Crippen LogP contribution in [0.5, 0.6) is 5.75 Å². The lowest BCUT2D eigenvalue weighted by Gasteiger charge is -2.29. The maximum absolute atomic E-state index is 12.8. The molecule has 1 atom stereocenters. The van der Waals surface area contributed by atoms with Gasteiger partial charge in [-0.1, -0.05) is 48.0 Å². The van der Waals surface area contributed by atoms with Crippen molar-refractivity contribution in [2.24, 2.45) is 0 Å². The number of esters is 1. The van der Waals surface area contributed by atoms with Crippen LogP contribution in [0.2, 0.25) is 0 Å². The fourth-order valence-electron chi connectivity index (χ4n) is 3.24. The molecule has 30 heavy (non-hydrogen) atoms. The van der Waals surface area contributed by atoms with E-state index in [1.165, 1.54) is 7.11 Å². The third-order valence-corrected chi connectivity index (χ3v) is 6.23. The molecule has 2 heterocycles. The number of benzene rings is 1. The van der Waals surface area contributed by atoms with Gasteiger partial charge in [0.15, 0.2) is 0 Å². The number of nitrogens with zero attached hydrogens (tertiary/aromatic N) is 3. The summed E-state index contributed by atoms with van der Waals surface area (Å²) < 4.78 is 13.8. The van der Waals surface area contributed by atoms with Gasteiger partial charge in [-0.3, -0.25) is 0 Å². The molecule has 1 aliphatic rings. The number of rotatable bonds is 9. The van der Waals surface area contributed by atoms with E-state index >= 15 is 0 Å². The predicted octanol–water partition coefficient (Wildman–Crippen LogP) is 5.18. The highest BCUT2D eigenvalue weighted by Gasteiger charge is 2.36. The minimum atomic E-state index is -0.508. The zero-order chi connectivity index (χ0) is 21.7. The van der Waals surface area contributed by atoms with Gasteiger partial charge in [0.05, 0.1) is 19.3 Å². The summed E-state index contributed by atoms with van der Waals surface area (Å²) in [6.45, 7) is 6.70. The van der Waals surface area contributed by atoms with Crippen LogP contribution in [0.1, 0.15) is 51.6 Å². The number of unbranched alkanes of at least 4 members (excludes halogenated alkanes) is 1. The highest BCUT2D eigenvalue weighted by Crippen LogP contribution is 2.41. The molecule has 3 rings (SSSR count). The summed E-state index contributed by atoms with van der Waals surface area (Å²) in [6, 6.07) is 5.32. The minimum Gasteiger partial charge on any atom is -0.493 e. The number of carbonyl (C=O) groups is 1. The molecule has 1 unspecified atom stereocenters. The molecule has 2 aromatic rings. The Kier molecular flexibility index (Phi) is 7.82. The third-order valence-electron chi connectivity index (χ3n) is 4.70. The van der Waals surface area contributed by atoms with Gasteiger partial charge in [-0.05, 0) is 38.0 Å². The maximum atomic E-state index is 12.8. The van der Waals surface area contributed by atoms with Gasteiger partial charge in [0.25, 0.3) is 0 Å². The number of hydrogen-bond donors (Lipinski definition) is 1. The molecule has 0 radical (unpaired) electrons. The molecule has 0 amide bonds. The molecular weight excluding hydrogens is 468 g/mol. The largest absolute Gasteiger partial charge is 0.493 e. The fourth-order valence-corrected chi connectivity index (χ4v) is 4.30. The fraction of sp³-hybridized carbons (Fsp3) is 0.476. The molecule has 0 bridgehead atoms. The second kappa shape index (κ2) is 10.3. The molecule has 1 aromatic heterocycles. The highest BCUT2D eigenvalue weighted by atomic mass is 79.9. The van der Waals surface area contributed by atoms with Crippen LogP contribution < -0.4 is 10.1 Å². The topological polar surface area (TPSA) is 78.3 Å². The van der Waals surface area contributed by atoms with Gasteiger partial charge < -0.3 is 14.8 Å². The van der Waals surface area contributed by atoms with Crippen molar-refractivity contribution in [1.29, 1.82) is 0 Å². The Bertz CT molecular complexity index is 944. The van der Waals surface area contributed by atoms with Crippen LogP contribution in [0, 0.1) is 0 Å². The Labute approximate surface area is 189 Å². The second-order valence-corrected chi connectivity index (χ2v) is 8.93. The van der Waals surface area contributed by atoms with Crippen LogP contribution in [0.3, 0.4) is 0 Å². The highest BCUT2D eigenvalue weighted by molar-refractivity contribution is 9.10. The number of aromatic nitrogens is 3. The van der Waals surface area contributed by atoms with Crippen LogP contribution >= 0.6 is 27.7 Å². The number of hydrogen-bond acceptors (Lipinski definition) is 7. The predicted molar refractivity (Wildman–Crippen MR) is 122 cm³/mol. The molecule has 0 spiro atoms. The number of ether oxygens (including phenoxy) is 2. The smallest absolute Gasteiger partial charge is 0.338 e. The lowest BCUT2D eigenvalue weighted by molar-refractivity contribution is -0.136. The van der Waals surface area contributed by atoms with E-state index < -0.39 is 12.0 Å². The van der Waals surface area contributed by atoms with Crippen molar-refractivity contribution in [3.8, 4) is 5.75 Å². The van der Waals surface area contributed by atoms with Crippen LogP contribution in [-0.2, 0) is 9.53 Å². The Morgan fingerprint density at radius 1 is 1.33 bits per heavy atom. The first-order valence-corrected chi connectivity index (χ1v) is 11.9. The van der Waals surface area contributed by atoms with Crippen molar-refractivity contribution in [3.05, 3.63) is 39.5 Å². The Balaban J connectivity index is 2.13. The SMILES string of the molecule is CCCCOc1ccc(Br)cc1C1C(C(=O)OC)=C(C)Nc2nc(SCCC)nn21. The zero-order valence-corrected chi connectivity index (χ0v) is 20.1. The van der Waals surface area contributed by atoms with E-state index in [4.69, 9.17) is 14.6 Å². The van der Waals surface area contributed by atoms with E-state index in [2.05, 4.69) is 40.1 Å². The molecule has 0 saturated carbocycles. The molecule has 162 valence electrons. The summed E-state index contributed by atoms with van der Waals surface area (Å²) in [4.78, 5) is 17.4.